The molecule has 0 heterocycles. The molecule has 1 saturated carbocycles. The number of benzene rings is 1. The van der Waals surface area contributed by atoms with Crippen LogP contribution in [0, 0.1) is 0 Å². The van der Waals surface area contributed by atoms with Gasteiger partial charge in [-0.3, -0.25) is 0 Å². The van der Waals surface area contributed by atoms with Gasteiger partial charge >= 0.3 is 6.03 Å². The van der Waals surface area contributed by atoms with Crippen molar-refractivity contribution in [2.24, 2.45) is 0 Å². The zero-order valence-electron chi connectivity index (χ0n) is 13.4. The topological polar surface area (TPSA) is 61.8 Å². The van der Waals surface area contributed by atoms with Crippen molar-refractivity contribution in [2.75, 3.05) is 18.9 Å². The summed E-state index contributed by atoms with van der Waals surface area (Å²) in [6, 6.07) is 7.33. The highest BCUT2D eigenvalue weighted by Gasteiger charge is 2.16. The Bertz CT molecular complexity index is 485. The van der Waals surface area contributed by atoms with Crippen LogP contribution in [0.3, 0.4) is 0 Å². The maximum absolute atomic E-state index is 12.1. The van der Waals surface area contributed by atoms with Crippen molar-refractivity contribution in [3.8, 4) is 5.75 Å². The SMILES string of the molecule is CC(O)CCN(C)C(=O)Nc1cccc(OC2CCCC2)c1. The lowest BCUT2D eigenvalue weighted by atomic mass is 10.2. The molecule has 1 aliphatic carbocycles. The van der Waals surface area contributed by atoms with E-state index in [0.29, 0.717) is 19.1 Å². The summed E-state index contributed by atoms with van der Waals surface area (Å²) in [7, 11) is 1.72. The lowest BCUT2D eigenvalue weighted by Crippen LogP contribution is -2.33. The van der Waals surface area contributed by atoms with E-state index < -0.39 is 6.10 Å². The Morgan fingerprint density at radius 2 is 2.18 bits per heavy atom. The molecule has 0 aromatic heterocycles. The van der Waals surface area contributed by atoms with Crippen molar-refractivity contribution >= 4 is 11.7 Å². The number of carbonyl (C=O) groups excluding carboxylic acids is 1. The molecule has 2 N–H and O–H groups in total. The number of amides is 2. The fourth-order valence-corrected chi connectivity index (χ4v) is 2.55. The van der Waals surface area contributed by atoms with Crippen LogP contribution in [0.15, 0.2) is 24.3 Å². The summed E-state index contributed by atoms with van der Waals surface area (Å²) in [6.45, 7) is 2.23. The van der Waals surface area contributed by atoms with E-state index in [4.69, 9.17) is 4.74 Å². The minimum Gasteiger partial charge on any atom is -0.490 e. The van der Waals surface area contributed by atoms with Gasteiger partial charge in [-0.15, -0.1) is 0 Å². The van der Waals surface area contributed by atoms with Crippen LogP contribution in [-0.4, -0.2) is 41.8 Å². The third kappa shape index (κ3) is 5.22. The van der Waals surface area contributed by atoms with E-state index in [1.807, 2.05) is 24.3 Å². The molecule has 1 atom stereocenters. The average molecular weight is 306 g/mol. The lowest BCUT2D eigenvalue weighted by Gasteiger charge is -2.19. The maximum Gasteiger partial charge on any atom is 0.321 e. The van der Waals surface area contributed by atoms with Gasteiger partial charge in [0, 0.05) is 25.3 Å². The minimum atomic E-state index is -0.404. The second kappa shape index (κ2) is 8.03. The Balaban J connectivity index is 1.87. The first-order valence-electron chi connectivity index (χ1n) is 8.01. The van der Waals surface area contributed by atoms with Crippen LogP contribution in [0.1, 0.15) is 39.0 Å². The lowest BCUT2D eigenvalue weighted by molar-refractivity contribution is 0.167. The molecule has 1 aromatic rings. The number of nitrogens with one attached hydrogen (secondary N) is 1. The number of hydrogen-bond donors (Lipinski definition) is 2. The molecular weight excluding hydrogens is 280 g/mol. The van der Waals surface area contributed by atoms with Crippen LogP contribution in [0.4, 0.5) is 10.5 Å². The van der Waals surface area contributed by atoms with Gasteiger partial charge in [-0.05, 0) is 51.2 Å². The molecule has 2 rings (SSSR count). The van der Waals surface area contributed by atoms with Gasteiger partial charge in [0.15, 0.2) is 0 Å². The van der Waals surface area contributed by atoms with Crippen molar-refractivity contribution in [3.05, 3.63) is 24.3 Å². The van der Waals surface area contributed by atoms with Crippen LogP contribution >= 0.6 is 0 Å². The highest BCUT2D eigenvalue weighted by molar-refractivity contribution is 5.89. The number of hydrogen-bond acceptors (Lipinski definition) is 3. The van der Waals surface area contributed by atoms with Crippen LogP contribution < -0.4 is 10.1 Å². The number of anilines is 1. The van der Waals surface area contributed by atoms with Gasteiger partial charge in [0.25, 0.3) is 0 Å². The van der Waals surface area contributed by atoms with Gasteiger partial charge in [-0.1, -0.05) is 6.07 Å². The molecule has 0 spiro atoms. The molecule has 1 unspecified atom stereocenters. The van der Waals surface area contributed by atoms with Crippen LogP contribution in [0.2, 0.25) is 0 Å². The first-order valence-corrected chi connectivity index (χ1v) is 8.01. The number of aliphatic hydroxyl groups is 1. The molecule has 1 fully saturated rings. The predicted molar refractivity (Wildman–Crippen MR) is 87.3 cm³/mol. The van der Waals surface area contributed by atoms with Gasteiger partial charge in [-0.25, -0.2) is 4.79 Å². The molecule has 1 aromatic carbocycles. The van der Waals surface area contributed by atoms with Crippen molar-refractivity contribution < 1.29 is 14.6 Å². The third-order valence-corrected chi connectivity index (χ3v) is 3.92. The number of aliphatic hydroxyl groups excluding tert-OH is 1. The number of carbonyl (C=O) groups is 1. The Labute approximate surface area is 132 Å². The summed E-state index contributed by atoms with van der Waals surface area (Å²) in [5.41, 5.74) is 0.726. The zero-order valence-corrected chi connectivity index (χ0v) is 13.4. The summed E-state index contributed by atoms with van der Waals surface area (Å²) in [6.07, 6.45) is 5.15. The quantitative estimate of drug-likeness (QED) is 0.848. The molecule has 0 saturated heterocycles. The number of ether oxygens (including phenoxy) is 1. The molecule has 5 heteroatoms. The Hall–Kier alpha value is -1.75. The normalized spacial score (nSPS) is 16.3. The third-order valence-electron chi connectivity index (χ3n) is 3.92. The fourth-order valence-electron chi connectivity index (χ4n) is 2.55. The predicted octanol–water partition coefficient (Wildman–Crippen LogP) is 3.24. The van der Waals surface area contributed by atoms with Gasteiger partial charge in [0.1, 0.15) is 5.75 Å². The minimum absolute atomic E-state index is 0.182. The number of rotatable bonds is 6. The van der Waals surface area contributed by atoms with Gasteiger partial charge in [0.05, 0.1) is 12.2 Å². The van der Waals surface area contributed by atoms with E-state index in [-0.39, 0.29) is 6.03 Å². The summed E-state index contributed by atoms with van der Waals surface area (Å²) >= 11 is 0. The first-order chi connectivity index (χ1) is 10.5. The standard InChI is InChI=1S/C17H26N2O3/c1-13(20)10-11-19(2)17(21)18-14-6-5-9-16(12-14)22-15-7-3-4-8-15/h5-6,9,12-13,15,20H,3-4,7-8,10-11H2,1-2H3,(H,18,21). The monoisotopic (exact) mass is 306 g/mol. The van der Waals surface area contributed by atoms with E-state index in [2.05, 4.69) is 5.32 Å². The van der Waals surface area contributed by atoms with Gasteiger partial charge in [0.2, 0.25) is 0 Å². The van der Waals surface area contributed by atoms with E-state index in [9.17, 15) is 9.90 Å². The number of urea groups is 1. The molecule has 1 aliphatic rings. The summed E-state index contributed by atoms with van der Waals surface area (Å²) in [5.74, 6) is 0.802. The molecule has 5 nitrogen and oxygen atoms in total. The van der Waals surface area contributed by atoms with Crippen LogP contribution in [-0.2, 0) is 0 Å². The van der Waals surface area contributed by atoms with Gasteiger partial charge in [-0.2, -0.15) is 0 Å². The van der Waals surface area contributed by atoms with Gasteiger partial charge < -0.3 is 20.1 Å². The van der Waals surface area contributed by atoms with E-state index in [1.165, 1.54) is 12.8 Å². The average Bonchev–Trinajstić information content (AvgIpc) is 2.98. The van der Waals surface area contributed by atoms with Crippen molar-refractivity contribution in [1.82, 2.24) is 4.90 Å². The van der Waals surface area contributed by atoms with Crippen molar-refractivity contribution in [1.29, 1.82) is 0 Å². The first kappa shape index (κ1) is 16.6. The molecule has 0 aliphatic heterocycles. The Morgan fingerprint density at radius 3 is 2.86 bits per heavy atom. The second-order valence-corrected chi connectivity index (χ2v) is 6.04. The Kier molecular flexibility index (Phi) is 6.07. The smallest absolute Gasteiger partial charge is 0.321 e. The zero-order chi connectivity index (χ0) is 15.9. The highest BCUT2D eigenvalue weighted by atomic mass is 16.5. The van der Waals surface area contributed by atoms with E-state index >= 15 is 0 Å². The summed E-state index contributed by atoms with van der Waals surface area (Å²) in [4.78, 5) is 13.6. The van der Waals surface area contributed by atoms with Crippen molar-refractivity contribution in [3.63, 3.8) is 0 Å². The molecule has 2 amide bonds. The molecule has 0 bridgehead atoms. The highest BCUT2D eigenvalue weighted by Crippen LogP contribution is 2.25. The van der Waals surface area contributed by atoms with Crippen molar-refractivity contribution in [2.45, 2.75) is 51.2 Å². The van der Waals surface area contributed by atoms with E-state index in [1.54, 1.807) is 18.9 Å². The van der Waals surface area contributed by atoms with Crippen LogP contribution in [0.5, 0.6) is 5.75 Å². The molecular formula is C17H26N2O3. The second-order valence-electron chi connectivity index (χ2n) is 6.04. The summed E-state index contributed by atoms with van der Waals surface area (Å²) in [5, 5.41) is 12.1. The molecule has 22 heavy (non-hydrogen) atoms. The Morgan fingerprint density at radius 1 is 1.45 bits per heavy atom. The molecule has 122 valence electrons. The fraction of sp³-hybridized carbons (Fsp3) is 0.588. The van der Waals surface area contributed by atoms with E-state index in [0.717, 1.165) is 24.3 Å². The maximum atomic E-state index is 12.1. The van der Waals surface area contributed by atoms with Crippen LogP contribution in [0.25, 0.3) is 0 Å². The largest absolute Gasteiger partial charge is 0.490 e. The summed E-state index contributed by atoms with van der Waals surface area (Å²) < 4.78 is 5.94. The number of nitrogens with zero attached hydrogens (tertiary/aromatic N) is 1. The molecule has 0 radical (unpaired) electrons.